The molecule has 1 N–H and O–H groups in total. The number of alkyl halides is 2. The van der Waals surface area contributed by atoms with Gasteiger partial charge in [-0.25, -0.2) is 18.7 Å². The van der Waals surface area contributed by atoms with Crippen molar-refractivity contribution in [2.45, 2.75) is 38.0 Å². The summed E-state index contributed by atoms with van der Waals surface area (Å²) in [6.45, 7) is 3.49. The van der Waals surface area contributed by atoms with Gasteiger partial charge in [0.15, 0.2) is 0 Å². The van der Waals surface area contributed by atoms with Crippen LogP contribution in [0.3, 0.4) is 0 Å². The molecule has 2 fully saturated rings. The highest BCUT2D eigenvalue weighted by Crippen LogP contribution is 2.35. The molecule has 0 atom stereocenters. The number of anilines is 3. The highest BCUT2D eigenvalue weighted by atomic mass is 19.3. The second kappa shape index (κ2) is 7.38. The third-order valence-electron chi connectivity index (χ3n) is 5.19. The zero-order chi connectivity index (χ0) is 18.9. The standard InChI is InChI=1S/C20H24F2N4O/c1-14-2-6-23-17(10-14)24-18-11-16(15-3-8-27-9-4-15)12-19(25-18)26-7-5-20(21,22)13-26/h2,6,10-12,15H,3-5,7-9,13H2,1H3,(H,23,24,25). The molecule has 0 bridgehead atoms. The monoisotopic (exact) mass is 374 g/mol. The summed E-state index contributed by atoms with van der Waals surface area (Å²) in [6.07, 6.45) is 3.48. The van der Waals surface area contributed by atoms with E-state index in [1.807, 2.05) is 31.2 Å². The Morgan fingerprint density at radius 3 is 2.70 bits per heavy atom. The van der Waals surface area contributed by atoms with Gasteiger partial charge in [0.25, 0.3) is 5.92 Å². The average molecular weight is 374 g/mol. The smallest absolute Gasteiger partial charge is 0.266 e. The second-order valence-corrected chi connectivity index (χ2v) is 7.40. The molecule has 2 saturated heterocycles. The van der Waals surface area contributed by atoms with E-state index < -0.39 is 5.92 Å². The molecule has 0 aromatic carbocycles. The van der Waals surface area contributed by atoms with E-state index in [9.17, 15) is 8.78 Å². The fourth-order valence-electron chi connectivity index (χ4n) is 3.70. The minimum absolute atomic E-state index is 0.127. The van der Waals surface area contributed by atoms with Gasteiger partial charge in [-0.1, -0.05) is 0 Å². The van der Waals surface area contributed by atoms with Gasteiger partial charge in [0.2, 0.25) is 0 Å². The van der Waals surface area contributed by atoms with E-state index in [0.29, 0.717) is 29.9 Å². The molecule has 0 radical (unpaired) electrons. The van der Waals surface area contributed by atoms with Crippen molar-refractivity contribution in [3.05, 3.63) is 41.6 Å². The van der Waals surface area contributed by atoms with Crippen LogP contribution < -0.4 is 10.2 Å². The van der Waals surface area contributed by atoms with Crippen LogP contribution in [-0.4, -0.2) is 42.2 Å². The molecule has 0 unspecified atom stereocenters. The van der Waals surface area contributed by atoms with Crippen molar-refractivity contribution in [2.75, 3.05) is 36.5 Å². The predicted molar refractivity (Wildman–Crippen MR) is 101 cm³/mol. The maximum Gasteiger partial charge on any atom is 0.266 e. The highest BCUT2D eigenvalue weighted by Gasteiger charge is 2.39. The minimum Gasteiger partial charge on any atom is -0.381 e. The lowest BCUT2D eigenvalue weighted by atomic mass is 9.92. The van der Waals surface area contributed by atoms with Crippen molar-refractivity contribution < 1.29 is 13.5 Å². The van der Waals surface area contributed by atoms with Crippen LogP contribution in [0.1, 0.15) is 36.3 Å². The van der Waals surface area contributed by atoms with Crippen molar-refractivity contribution in [3.63, 3.8) is 0 Å². The lowest BCUT2D eigenvalue weighted by Crippen LogP contribution is -2.26. The van der Waals surface area contributed by atoms with Gasteiger partial charge in [0.05, 0.1) is 6.54 Å². The molecular formula is C20H24F2N4O. The predicted octanol–water partition coefficient (Wildman–Crippen LogP) is 4.27. The molecule has 2 aromatic rings. The molecular weight excluding hydrogens is 350 g/mol. The van der Waals surface area contributed by atoms with E-state index in [4.69, 9.17) is 4.74 Å². The molecule has 4 rings (SSSR count). The Morgan fingerprint density at radius 1 is 1.19 bits per heavy atom. The average Bonchev–Trinajstić information content (AvgIpc) is 3.02. The van der Waals surface area contributed by atoms with E-state index in [1.165, 1.54) is 0 Å². The first-order chi connectivity index (χ1) is 13.0. The molecule has 0 amide bonds. The third-order valence-corrected chi connectivity index (χ3v) is 5.19. The van der Waals surface area contributed by atoms with Gasteiger partial charge < -0.3 is 15.0 Å². The Kier molecular flexibility index (Phi) is 4.95. The normalized spacial score (nSPS) is 20.0. The molecule has 27 heavy (non-hydrogen) atoms. The topological polar surface area (TPSA) is 50.3 Å². The summed E-state index contributed by atoms with van der Waals surface area (Å²) >= 11 is 0. The summed E-state index contributed by atoms with van der Waals surface area (Å²) in [6, 6.07) is 7.84. The van der Waals surface area contributed by atoms with Crippen molar-refractivity contribution in [2.24, 2.45) is 0 Å². The van der Waals surface area contributed by atoms with Gasteiger partial charge in [0, 0.05) is 32.4 Å². The summed E-state index contributed by atoms with van der Waals surface area (Å²) in [5, 5.41) is 3.24. The van der Waals surface area contributed by atoms with Crippen LogP contribution in [-0.2, 0) is 4.74 Å². The number of ether oxygens (including phenoxy) is 1. The highest BCUT2D eigenvalue weighted by molar-refractivity contribution is 5.58. The SMILES string of the molecule is Cc1ccnc(Nc2cc(C3CCOCC3)cc(N3CCC(F)(F)C3)n2)c1. The van der Waals surface area contributed by atoms with Crippen LogP contribution in [0.2, 0.25) is 0 Å². The molecule has 0 aliphatic carbocycles. The lowest BCUT2D eigenvalue weighted by Gasteiger charge is -2.25. The molecule has 7 heteroatoms. The molecule has 2 aliphatic heterocycles. The van der Waals surface area contributed by atoms with Crippen LogP contribution in [0.4, 0.5) is 26.2 Å². The molecule has 5 nitrogen and oxygen atoms in total. The summed E-state index contributed by atoms with van der Waals surface area (Å²) in [7, 11) is 0. The first-order valence-electron chi connectivity index (χ1n) is 9.41. The fraction of sp³-hybridized carbons (Fsp3) is 0.500. The Balaban J connectivity index is 1.65. The number of halogens is 2. The zero-order valence-electron chi connectivity index (χ0n) is 15.4. The maximum atomic E-state index is 13.7. The van der Waals surface area contributed by atoms with Crippen molar-refractivity contribution in [1.82, 2.24) is 9.97 Å². The number of hydrogen-bond acceptors (Lipinski definition) is 5. The Bertz CT molecular complexity index is 808. The molecule has 2 aliphatic rings. The van der Waals surface area contributed by atoms with E-state index in [1.54, 1.807) is 11.1 Å². The van der Waals surface area contributed by atoms with Crippen LogP contribution in [0.25, 0.3) is 0 Å². The van der Waals surface area contributed by atoms with Crippen molar-refractivity contribution in [1.29, 1.82) is 0 Å². The zero-order valence-corrected chi connectivity index (χ0v) is 15.4. The molecule has 0 spiro atoms. The molecule has 144 valence electrons. The van der Waals surface area contributed by atoms with E-state index in [2.05, 4.69) is 15.3 Å². The molecule has 0 saturated carbocycles. The quantitative estimate of drug-likeness (QED) is 0.866. The number of rotatable bonds is 4. The Morgan fingerprint density at radius 2 is 2.00 bits per heavy atom. The van der Waals surface area contributed by atoms with Crippen LogP contribution >= 0.6 is 0 Å². The molecule has 2 aromatic heterocycles. The lowest BCUT2D eigenvalue weighted by molar-refractivity contribution is 0.0256. The maximum absolute atomic E-state index is 13.7. The number of pyridine rings is 2. The first-order valence-corrected chi connectivity index (χ1v) is 9.41. The Labute approximate surface area is 157 Å². The van der Waals surface area contributed by atoms with Crippen LogP contribution in [0, 0.1) is 6.92 Å². The minimum atomic E-state index is -2.65. The summed E-state index contributed by atoms with van der Waals surface area (Å²) < 4.78 is 32.9. The van der Waals surface area contributed by atoms with Gasteiger partial charge in [-0.3, -0.25) is 0 Å². The van der Waals surface area contributed by atoms with Gasteiger partial charge in [0.1, 0.15) is 17.5 Å². The number of nitrogens with zero attached hydrogens (tertiary/aromatic N) is 3. The number of aryl methyl sites for hydroxylation is 1. The van der Waals surface area contributed by atoms with Gasteiger partial charge in [-0.15, -0.1) is 0 Å². The van der Waals surface area contributed by atoms with E-state index >= 15 is 0 Å². The second-order valence-electron chi connectivity index (χ2n) is 7.40. The van der Waals surface area contributed by atoms with Gasteiger partial charge in [-0.05, 0) is 61.1 Å². The first kappa shape index (κ1) is 18.1. The Hall–Kier alpha value is -2.28. The number of nitrogens with one attached hydrogen (secondary N) is 1. The van der Waals surface area contributed by atoms with Gasteiger partial charge in [-0.2, -0.15) is 0 Å². The largest absolute Gasteiger partial charge is 0.381 e. The van der Waals surface area contributed by atoms with E-state index in [0.717, 1.165) is 37.2 Å². The summed E-state index contributed by atoms with van der Waals surface area (Å²) in [5.74, 6) is -0.352. The fourth-order valence-corrected chi connectivity index (χ4v) is 3.70. The van der Waals surface area contributed by atoms with Crippen molar-refractivity contribution >= 4 is 17.5 Å². The summed E-state index contributed by atoms with van der Waals surface area (Å²) in [4.78, 5) is 10.6. The van der Waals surface area contributed by atoms with Crippen LogP contribution in [0.15, 0.2) is 30.5 Å². The van der Waals surface area contributed by atoms with E-state index in [-0.39, 0.29) is 13.0 Å². The molecule has 4 heterocycles. The van der Waals surface area contributed by atoms with Crippen LogP contribution in [0.5, 0.6) is 0 Å². The van der Waals surface area contributed by atoms with Crippen molar-refractivity contribution in [3.8, 4) is 0 Å². The van der Waals surface area contributed by atoms with Gasteiger partial charge >= 0.3 is 0 Å². The number of aromatic nitrogens is 2. The number of hydrogen-bond donors (Lipinski definition) is 1. The third kappa shape index (κ3) is 4.35. The summed E-state index contributed by atoms with van der Waals surface area (Å²) in [5.41, 5.74) is 2.21.